The lowest BCUT2D eigenvalue weighted by Crippen LogP contribution is -2.42. The van der Waals surface area contributed by atoms with Crippen molar-refractivity contribution < 1.29 is 4.79 Å². The molecule has 2 fully saturated rings. The van der Waals surface area contributed by atoms with Crippen LogP contribution in [0.25, 0.3) is 0 Å². The van der Waals surface area contributed by atoms with Gasteiger partial charge in [-0.15, -0.1) is 12.4 Å². The van der Waals surface area contributed by atoms with Crippen LogP contribution in [0.3, 0.4) is 0 Å². The first-order valence-corrected chi connectivity index (χ1v) is 8.12. The molecule has 0 aliphatic heterocycles. The van der Waals surface area contributed by atoms with Crippen molar-refractivity contribution >= 4 is 18.3 Å². The lowest BCUT2D eigenvalue weighted by Gasteiger charge is -2.22. The van der Waals surface area contributed by atoms with Gasteiger partial charge in [-0.05, 0) is 30.6 Å². The van der Waals surface area contributed by atoms with E-state index in [2.05, 4.69) is 19.2 Å². The maximum Gasteiger partial charge on any atom is 0.223 e. The molecule has 0 heterocycles. The van der Waals surface area contributed by atoms with E-state index >= 15 is 0 Å². The lowest BCUT2D eigenvalue weighted by molar-refractivity contribution is -0.123. The standard InChI is InChI=1S/C16H30N2O.ClH/c1-11(2)8-13(10-17)18-16(19)15-9-14(15)12-6-4-3-5-7-12;/h11-15H,3-10,17H2,1-2H3,(H,18,19);1H. The van der Waals surface area contributed by atoms with E-state index in [9.17, 15) is 4.79 Å². The fourth-order valence-corrected chi connectivity index (χ4v) is 3.69. The molecular formula is C16H31ClN2O. The second kappa shape index (κ2) is 8.23. The zero-order valence-corrected chi connectivity index (χ0v) is 13.8. The van der Waals surface area contributed by atoms with Gasteiger partial charge in [0.25, 0.3) is 0 Å². The van der Waals surface area contributed by atoms with Gasteiger partial charge in [0, 0.05) is 18.5 Å². The summed E-state index contributed by atoms with van der Waals surface area (Å²) in [4.78, 5) is 12.2. The Morgan fingerprint density at radius 1 is 1.25 bits per heavy atom. The molecule has 1 amide bonds. The van der Waals surface area contributed by atoms with Crippen molar-refractivity contribution in [3.63, 3.8) is 0 Å². The van der Waals surface area contributed by atoms with Crippen LogP contribution in [0.1, 0.15) is 58.8 Å². The molecule has 0 bridgehead atoms. The Kier molecular flexibility index (Phi) is 7.32. The summed E-state index contributed by atoms with van der Waals surface area (Å²) >= 11 is 0. The number of rotatable bonds is 6. The average Bonchev–Trinajstić information content (AvgIpc) is 3.18. The summed E-state index contributed by atoms with van der Waals surface area (Å²) in [7, 11) is 0. The van der Waals surface area contributed by atoms with Crippen LogP contribution >= 0.6 is 12.4 Å². The first-order valence-electron chi connectivity index (χ1n) is 8.12. The number of carbonyl (C=O) groups is 1. The predicted molar refractivity (Wildman–Crippen MR) is 85.9 cm³/mol. The number of carbonyl (C=O) groups excluding carboxylic acids is 1. The third kappa shape index (κ3) is 4.92. The second-order valence-electron chi connectivity index (χ2n) is 6.97. The van der Waals surface area contributed by atoms with Crippen LogP contribution in [0.2, 0.25) is 0 Å². The summed E-state index contributed by atoms with van der Waals surface area (Å²) in [5.41, 5.74) is 5.75. The summed E-state index contributed by atoms with van der Waals surface area (Å²) in [6.07, 6.45) is 8.94. The van der Waals surface area contributed by atoms with Crippen molar-refractivity contribution in [2.24, 2.45) is 29.4 Å². The van der Waals surface area contributed by atoms with Gasteiger partial charge in [0.15, 0.2) is 0 Å². The van der Waals surface area contributed by atoms with Gasteiger partial charge in [-0.25, -0.2) is 0 Å². The molecule has 2 aliphatic carbocycles. The van der Waals surface area contributed by atoms with Crippen LogP contribution < -0.4 is 11.1 Å². The third-order valence-electron chi connectivity index (χ3n) is 4.82. The van der Waals surface area contributed by atoms with Crippen LogP contribution in [0.15, 0.2) is 0 Å². The van der Waals surface area contributed by atoms with Crippen LogP contribution in [-0.2, 0) is 4.79 Å². The van der Waals surface area contributed by atoms with Gasteiger partial charge in [-0.1, -0.05) is 46.0 Å². The van der Waals surface area contributed by atoms with E-state index in [0.717, 1.165) is 18.8 Å². The molecule has 0 aromatic rings. The summed E-state index contributed by atoms with van der Waals surface area (Å²) in [6.45, 7) is 4.91. The minimum Gasteiger partial charge on any atom is -0.352 e. The van der Waals surface area contributed by atoms with Gasteiger partial charge in [0.05, 0.1) is 0 Å². The molecule has 2 saturated carbocycles. The van der Waals surface area contributed by atoms with E-state index in [1.807, 2.05) is 0 Å². The normalized spacial score (nSPS) is 27.8. The number of nitrogens with one attached hydrogen (secondary N) is 1. The molecule has 3 atom stereocenters. The second-order valence-corrected chi connectivity index (χ2v) is 6.97. The van der Waals surface area contributed by atoms with Gasteiger partial charge in [-0.3, -0.25) is 4.79 Å². The topological polar surface area (TPSA) is 55.1 Å². The minimum absolute atomic E-state index is 0. The van der Waals surface area contributed by atoms with Gasteiger partial charge in [0.2, 0.25) is 5.91 Å². The summed E-state index contributed by atoms with van der Waals surface area (Å²) < 4.78 is 0. The lowest BCUT2D eigenvalue weighted by atomic mass is 9.85. The van der Waals surface area contributed by atoms with E-state index < -0.39 is 0 Å². The molecule has 3 unspecified atom stereocenters. The highest BCUT2D eigenvalue weighted by Crippen LogP contribution is 2.49. The molecule has 0 aromatic carbocycles. The Hall–Kier alpha value is -0.280. The first kappa shape index (κ1) is 17.8. The smallest absolute Gasteiger partial charge is 0.223 e. The van der Waals surface area contributed by atoms with E-state index in [1.165, 1.54) is 32.1 Å². The Labute approximate surface area is 129 Å². The van der Waals surface area contributed by atoms with E-state index in [-0.39, 0.29) is 24.4 Å². The Morgan fingerprint density at radius 2 is 1.90 bits per heavy atom. The number of hydrogen-bond donors (Lipinski definition) is 2. The minimum atomic E-state index is 0. The van der Waals surface area contributed by atoms with Crippen LogP contribution in [0.4, 0.5) is 0 Å². The molecule has 0 aromatic heterocycles. The molecule has 2 aliphatic rings. The van der Waals surface area contributed by atoms with Crippen molar-refractivity contribution in [1.29, 1.82) is 0 Å². The Morgan fingerprint density at radius 3 is 2.45 bits per heavy atom. The van der Waals surface area contributed by atoms with Gasteiger partial charge in [-0.2, -0.15) is 0 Å². The summed E-state index contributed by atoms with van der Waals surface area (Å²) in [6, 6.07) is 0.167. The Balaban J connectivity index is 0.00000200. The molecule has 2 rings (SSSR count). The molecule has 0 radical (unpaired) electrons. The SMILES string of the molecule is CC(C)CC(CN)NC(=O)C1CC1C1CCCCC1.Cl. The number of hydrogen-bond acceptors (Lipinski definition) is 2. The van der Waals surface area contributed by atoms with Crippen molar-refractivity contribution in [3.8, 4) is 0 Å². The van der Waals surface area contributed by atoms with Crippen molar-refractivity contribution in [3.05, 3.63) is 0 Å². The summed E-state index contributed by atoms with van der Waals surface area (Å²) in [5.74, 6) is 2.65. The fraction of sp³-hybridized carbons (Fsp3) is 0.938. The monoisotopic (exact) mass is 302 g/mol. The number of halogens is 1. The molecular weight excluding hydrogens is 272 g/mol. The van der Waals surface area contributed by atoms with Crippen molar-refractivity contribution in [2.45, 2.75) is 64.8 Å². The zero-order chi connectivity index (χ0) is 13.8. The van der Waals surface area contributed by atoms with Crippen LogP contribution in [-0.4, -0.2) is 18.5 Å². The molecule has 0 spiro atoms. The number of nitrogens with two attached hydrogens (primary N) is 1. The maximum absolute atomic E-state index is 12.2. The molecule has 0 saturated heterocycles. The quantitative estimate of drug-likeness (QED) is 0.792. The molecule has 4 heteroatoms. The highest BCUT2D eigenvalue weighted by molar-refractivity contribution is 5.85. The van der Waals surface area contributed by atoms with E-state index in [1.54, 1.807) is 0 Å². The maximum atomic E-state index is 12.2. The van der Waals surface area contributed by atoms with Crippen molar-refractivity contribution in [1.82, 2.24) is 5.32 Å². The first-order chi connectivity index (χ1) is 9.11. The zero-order valence-electron chi connectivity index (χ0n) is 12.9. The van der Waals surface area contributed by atoms with Crippen LogP contribution in [0, 0.1) is 23.7 Å². The summed E-state index contributed by atoms with van der Waals surface area (Å²) in [5, 5.41) is 3.17. The number of amides is 1. The van der Waals surface area contributed by atoms with Gasteiger partial charge < -0.3 is 11.1 Å². The largest absolute Gasteiger partial charge is 0.352 e. The molecule has 3 N–H and O–H groups in total. The van der Waals surface area contributed by atoms with Crippen LogP contribution in [0.5, 0.6) is 0 Å². The highest BCUT2D eigenvalue weighted by atomic mass is 35.5. The highest BCUT2D eigenvalue weighted by Gasteiger charge is 2.47. The molecule has 3 nitrogen and oxygen atoms in total. The van der Waals surface area contributed by atoms with E-state index in [0.29, 0.717) is 24.3 Å². The van der Waals surface area contributed by atoms with Gasteiger partial charge in [0.1, 0.15) is 0 Å². The third-order valence-corrected chi connectivity index (χ3v) is 4.82. The fourth-order valence-electron chi connectivity index (χ4n) is 3.69. The molecule has 20 heavy (non-hydrogen) atoms. The average molecular weight is 303 g/mol. The van der Waals surface area contributed by atoms with Gasteiger partial charge >= 0.3 is 0 Å². The molecule has 118 valence electrons. The predicted octanol–water partition coefficient (Wildman–Crippen LogP) is 3.11. The van der Waals surface area contributed by atoms with Crippen molar-refractivity contribution in [2.75, 3.05) is 6.54 Å². The Bertz CT molecular complexity index is 303. The van der Waals surface area contributed by atoms with E-state index in [4.69, 9.17) is 5.73 Å².